The molecule has 4 heteroatoms. The zero-order valence-electron chi connectivity index (χ0n) is 17.9. The summed E-state index contributed by atoms with van der Waals surface area (Å²) in [4.78, 5) is 0. The predicted octanol–water partition coefficient (Wildman–Crippen LogP) is 8.05. The molecule has 0 unspecified atom stereocenters. The van der Waals surface area contributed by atoms with E-state index in [0.29, 0.717) is 6.73 Å². The normalized spacial score (nSPS) is 11.9. The molecule has 0 aliphatic carbocycles. The Morgan fingerprint density at radius 1 is 0.833 bits per heavy atom. The van der Waals surface area contributed by atoms with Crippen LogP contribution < -0.4 is 0 Å². The summed E-state index contributed by atoms with van der Waals surface area (Å²) in [5.74, 6) is 0. The van der Waals surface area contributed by atoms with Gasteiger partial charge in [0.05, 0.1) is 11.2 Å². The fourth-order valence-electron chi connectivity index (χ4n) is 3.80. The Hall–Kier alpha value is -2.14. The highest BCUT2D eigenvalue weighted by molar-refractivity contribution is 9.10. The third-order valence-corrected chi connectivity index (χ3v) is 7.77. The fraction of sp³-hybridized carbons (Fsp3) is 0.231. The molecule has 4 rings (SSSR count). The van der Waals surface area contributed by atoms with Crippen molar-refractivity contribution in [2.24, 2.45) is 0 Å². The maximum Gasteiger partial charge on any atom is 0.123 e. The van der Waals surface area contributed by atoms with Gasteiger partial charge in [0, 0.05) is 35.7 Å². The van der Waals surface area contributed by atoms with Gasteiger partial charge in [-0.25, -0.2) is 0 Å². The molecule has 0 bridgehead atoms. The van der Waals surface area contributed by atoms with Crippen molar-refractivity contribution >= 4 is 34.9 Å². The smallest absolute Gasteiger partial charge is 0.123 e. The molecule has 0 aliphatic heterocycles. The van der Waals surface area contributed by atoms with Crippen LogP contribution in [0, 0.1) is 0 Å². The molecule has 0 spiro atoms. The summed E-state index contributed by atoms with van der Waals surface area (Å²) in [6, 6.07) is 28.9. The van der Waals surface area contributed by atoms with Crippen LogP contribution >= 0.6 is 15.9 Å². The van der Waals surface area contributed by atoms with Gasteiger partial charge in [0.2, 0.25) is 0 Å². The largest absolute Gasteiger partial charge is 0.361 e. The molecule has 0 saturated carbocycles. The summed E-state index contributed by atoms with van der Waals surface area (Å²) in [7, 11) is -1.12. The zero-order chi connectivity index (χ0) is 21.1. The van der Waals surface area contributed by atoms with Gasteiger partial charge < -0.3 is 9.30 Å². The van der Waals surface area contributed by atoms with Gasteiger partial charge in [-0.2, -0.15) is 0 Å². The van der Waals surface area contributed by atoms with Gasteiger partial charge >= 0.3 is 0 Å². The molecule has 3 aromatic carbocycles. The summed E-state index contributed by atoms with van der Waals surface area (Å²) in [5.41, 5.74) is 6.06. The first-order valence-corrected chi connectivity index (χ1v) is 14.9. The Morgan fingerprint density at radius 2 is 1.50 bits per heavy atom. The van der Waals surface area contributed by atoms with Crippen molar-refractivity contribution in [2.75, 3.05) is 6.61 Å². The SMILES string of the molecule is C[Si](C)(C)CCOCn1c(-c2ccccc2Br)c(-c2ccccc2)c2ccccc21. The highest BCUT2D eigenvalue weighted by atomic mass is 79.9. The third-order valence-electron chi connectivity index (χ3n) is 5.38. The van der Waals surface area contributed by atoms with E-state index in [0.717, 1.165) is 11.1 Å². The summed E-state index contributed by atoms with van der Waals surface area (Å²) in [5, 5.41) is 1.25. The second-order valence-electron chi connectivity index (χ2n) is 8.86. The monoisotopic (exact) mass is 477 g/mol. The minimum Gasteiger partial charge on any atom is -0.361 e. The third kappa shape index (κ3) is 4.46. The Morgan fingerprint density at radius 3 is 2.23 bits per heavy atom. The van der Waals surface area contributed by atoms with E-state index in [9.17, 15) is 0 Å². The van der Waals surface area contributed by atoms with Crippen LogP contribution in [0.3, 0.4) is 0 Å². The van der Waals surface area contributed by atoms with Crippen LogP contribution in [0.15, 0.2) is 83.3 Å². The van der Waals surface area contributed by atoms with Crippen LogP contribution in [-0.4, -0.2) is 19.2 Å². The van der Waals surface area contributed by atoms with E-state index in [-0.39, 0.29) is 0 Å². The molecule has 4 aromatic rings. The summed E-state index contributed by atoms with van der Waals surface area (Å²) < 4.78 is 9.66. The summed E-state index contributed by atoms with van der Waals surface area (Å²) in [6.07, 6.45) is 0. The van der Waals surface area contributed by atoms with Crippen LogP contribution in [0.4, 0.5) is 0 Å². The van der Waals surface area contributed by atoms with Crippen molar-refractivity contribution in [1.82, 2.24) is 4.57 Å². The molecule has 154 valence electrons. The number of rotatable bonds is 7. The van der Waals surface area contributed by atoms with Gasteiger partial charge in [-0.15, -0.1) is 0 Å². The second kappa shape index (κ2) is 8.92. The Balaban J connectivity index is 1.89. The quantitative estimate of drug-likeness (QED) is 0.194. The molecular weight excluding hydrogens is 450 g/mol. The number of halogens is 1. The Bertz CT molecular complexity index is 1140. The standard InChI is InChI=1S/C26H28BrNOSi/c1-30(2,3)18-17-29-19-28-24-16-10-8-14-22(24)25(20-11-5-4-6-12-20)26(28)21-13-7-9-15-23(21)27/h4-16H,17-19H2,1-3H3. The number of fused-ring (bicyclic) bond motifs is 1. The van der Waals surface area contributed by atoms with E-state index >= 15 is 0 Å². The van der Waals surface area contributed by atoms with Gasteiger partial charge in [-0.3, -0.25) is 0 Å². The summed E-state index contributed by atoms with van der Waals surface area (Å²) >= 11 is 3.79. The molecule has 0 atom stereocenters. The fourth-order valence-corrected chi connectivity index (χ4v) is 5.03. The van der Waals surface area contributed by atoms with E-state index < -0.39 is 8.07 Å². The Kier molecular flexibility index (Phi) is 6.28. The molecule has 0 saturated heterocycles. The minimum atomic E-state index is -1.12. The first-order chi connectivity index (χ1) is 14.5. The predicted molar refractivity (Wildman–Crippen MR) is 135 cm³/mol. The number of aromatic nitrogens is 1. The number of benzene rings is 3. The van der Waals surface area contributed by atoms with Gasteiger partial charge in [0.1, 0.15) is 6.73 Å². The van der Waals surface area contributed by atoms with Crippen molar-refractivity contribution < 1.29 is 4.74 Å². The molecule has 0 N–H and O–H groups in total. The van der Waals surface area contributed by atoms with Crippen LogP contribution in [0.2, 0.25) is 25.7 Å². The van der Waals surface area contributed by atoms with Crippen LogP contribution in [0.1, 0.15) is 0 Å². The van der Waals surface area contributed by atoms with Crippen molar-refractivity contribution in [3.05, 3.63) is 83.3 Å². The maximum absolute atomic E-state index is 6.24. The first kappa shape index (κ1) is 21.1. The van der Waals surface area contributed by atoms with Crippen LogP contribution in [0.25, 0.3) is 33.3 Å². The van der Waals surface area contributed by atoms with Gasteiger partial charge in [-0.1, -0.05) is 102 Å². The summed E-state index contributed by atoms with van der Waals surface area (Å²) in [6.45, 7) is 8.52. The highest BCUT2D eigenvalue weighted by Gasteiger charge is 2.21. The number of nitrogens with zero attached hydrogens (tertiary/aromatic N) is 1. The molecule has 0 fully saturated rings. The van der Waals surface area contributed by atoms with Crippen molar-refractivity contribution in [3.8, 4) is 22.4 Å². The van der Waals surface area contributed by atoms with Crippen LogP contribution in [-0.2, 0) is 11.5 Å². The average Bonchev–Trinajstić information content (AvgIpc) is 3.05. The molecule has 0 aliphatic rings. The Labute approximate surface area is 188 Å². The zero-order valence-corrected chi connectivity index (χ0v) is 20.4. The van der Waals surface area contributed by atoms with E-state index in [2.05, 4.69) is 119 Å². The van der Waals surface area contributed by atoms with E-state index in [4.69, 9.17) is 4.74 Å². The van der Waals surface area contributed by atoms with Crippen LogP contribution in [0.5, 0.6) is 0 Å². The molecule has 1 heterocycles. The average molecular weight is 479 g/mol. The number of ether oxygens (including phenoxy) is 1. The molecule has 0 radical (unpaired) electrons. The van der Waals surface area contributed by atoms with Crippen molar-refractivity contribution in [1.29, 1.82) is 0 Å². The molecule has 1 aromatic heterocycles. The topological polar surface area (TPSA) is 14.2 Å². The maximum atomic E-state index is 6.24. The number of hydrogen-bond acceptors (Lipinski definition) is 1. The molecule has 0 amide bonds. The van der Waals surface area contributed by atoms with Gasteiger partial charge in [0.25, 0.3) is 0 Å². The molecular formula is C26H28BrNOSi. The number of hydrogen-bond donors (Lipinski definition) is 0. The van der Waals surface area contributed by atoms with Crippen molar-refractivity contribution in [2.45, 2.75) is 32.4 Å². The highest BCUT2D eigenvalue weighted by Crippen LogP contribution is 2.43. The van der Waals surface area contributed by atoms with E-state index in [1.807, 2.05) is 0 Å². The lowest BCUT2D eigenvalue weighted by molar-refractivity contribution is 0.0913. The minimum absolute atomic E-state index is 0.550. The lowest BCUT2D eigenvalue weighted by Gasteiger charge is -2.18. The van der Waals surface area contributed by atoms with E-state index in [1.165, 1.54) is 39.3 Å². The number of para-hydroxylation sites is 1. The molecule has 30 heavy (non-hydrogen) atoms. The second-order valence-corrected chi connectivity index (χ2v) is 15.3. The van der Waals surface area contributed by atoms with Crippen molar-refractivity contribution in [3.63, 3.8) is 0 Å². The van der Waals surface area contributed by atoms with Gasteiger partial charge in [-0.05, 0) is 23.7 Å². The van der Waals surface area contributed by atoms with E-state index in [1.54, 1.807) is 0 Å². The lowest BCUT2D eigenvalue weighted by Crippen LogP contribution is -2.22. The van der Waals surface area contributed by atoms with Gasteiger partial charge in [0.15, 0.2) is 0 Å². The molecule has 2 nitrogen and oxygen atoms in total. The first-order valence-electron chi connectivity index (χ1n) is 10.4. The lowest BCUT2D eigenvalue weighted by atomic mass is 9.98.